The highest BCUT2D eigenvalue weighted by Crippen LogP contribution is 2.27. The summed E-state index contributed by atoms with van der Waals surface area (Å²) in [4.78, 5) is 2.06. The van der Waals surface area contributed by atoms with Crippen LogP contribution in [0.3, 0.4) is 0 Å². The maximum absolute atomic E-state index is 9.16. The molecular weight excluding hydrogens is 250 g/mol. The van der Waals surface area contributed by atoms with Gasteiger partial charge < -0.3 is 9.64 Å². The Morgan fingerprint density at radius 2 is 2.22 bits per heavy atom. The van der Waals surface area contributed by atoms with Gasteiger partial charge in [-0.1, -0.05) is 17.7 Å². The number of hydrogen-bond donors (Lipinski definition) is 1. The summed E-state index contributed by atoms with van der Waals surface area (Å²) in [5.74, 6) is 0.616. The SMILES string of the molecule is COc1ccc(C(C#N)NCCN(C)C)cc1Cl. The molecule has 0 saturated carbocycles. The van der Waals surface area contributed by atoms with Crippen molar-refractivity contribution in [3.05, 3.63) is 28.8 Å². The van der Waals surface area contributed by atoms with E-state index < -0.39 is 0 Å². The summed E-state index contributed by atoms with van der Waals surface area (Å²) < 4.78 is 5.08. The molecule has 4 nitrogen and oxygen atoms in total. The Hall–Kier alpha value is -1.28. The average molecular weight is 268 g/mol. The molecule has 0 bridgehead atoms. The largest absolute Gasteiger partial charge is 0.495 e. The molecule has 0 saturated heterocycles. The predicted octanol–water partition coefficient (Wildman–Crippen LogP) is 2.06. The normalized spacial score (nSPS) is 12.2. The van der Waals surface area contributed by atoms with Crippen molar-refractivity contribution in [2.75, 3.05) is 34.3 Å². The third-order valence-corrected chi connectivity index (χ3v) is 2.84. The van der Waals surface area contributed by atoms with E-state index in [0.717, 1.165) is 18.7 Å². The van der Waals surface area contributed by atoms with Gasteiger partial charge in [0.1, 0.15) is 11.8 Å². The molecule has 1 aromatic carbocycles. The number of benzene rings is 1. The lowest BCUT2D eigenvalue weighted by Gasteiger charge is -2.15. The number of hydrogen-bond acceptors (Lipinski definition) is 4. The molecule has 1 aromatic rings. The molecule has 0 heterocycles. The highest BCUT2D eigenvalue weighted by molar-refractivity contribution is 6.32. The summed E-state index contributed by atoms with van der Waals surface area (Å²) >= 11 is 6.04. The van der Waals surface area contributed by atoms with Crippen molar-refractivity contribution < 1.29 is 4.74 Å². The summed E-state index contributed by atoms with van der Waals surface area (Å²) in [7, 11) is 5.55. The number of rotatable bonds is 6. The van der Waals surface area contributed by atoms with Crippen molar-refractivity contribution in [1.29, 1.82) is 5.26 Å². The molecule has 0 aliphatic carbocycles. The van der Waals surface area contributed by atoms with Crippen molar-refractivity contribution >= 4 is 11.6 Å². The van der Waals surface area contributed by atoms with Gasteiger partial charge in [0, 0.05) is 13.1 Å². The molecule has 0 aliphatic heterocycles. The van der Waals surface area contributed by atoms with Crippen LogP contribution in [0.15, 0.2) is 18.2 Å². The van der Waals surface area contributed by atoms with Gasteiger partial charge in [0.05, 0.1) is 18.2 Å². The Bertz CT molecular complexity index is 429. The van der Waals surface area contributed by atoms with Gasteiger partial charge in [0.15, 0.2) is 0 Å². The van der Waals surface area contributed by atoms with Crippen molar-refractivity contribution in [2.24, 2.45) is 0 Å². The van der Waals surface area contributed by atoms with Crippen LogP contribution in [-0.2, 0) is 0 Å². The standard InChI is InChI=1S/C13H18ClN3O/c1-17(2)7-6-16-12(9-15)10-4-5-13(18-3)11(14)8-10/h4-5,8,12,16H,6-7H2,1-3H3. The molecule has 0 radical (unpaired) electrons. The van der Waals surface area contributed by atoms with Gasteiger partial charge in [-0.3, -0.25) is 5.32 Å². The number of ether oxygens (including phenoxy) is 1. The summed E-state index contributed by atoms with van der Waals surface area (Å²) in [5.41, 5.74) is 0.849. The van der Waals surface area contributed by atoms with Crippen LogP contribution in [0, 0.1) is 11.3 Å². The van der Waals surface area contributed by atoms with E-state index in [9.17, 15) is 0 Å². The van der Waals surface area contributed by atoms with Crippen LogP contribution in [0.25, 0.3) is 0 Å². The van der Waals surface area contributed by atoms with Crippen molar-refractivity contribution in [1.82, 2.24) is 10.2 Å². The zero-order valence-corrected chi connectivity index (χ0v) is 11.7. The van der Waals surface area contributed by atoms with Gasteiger partial charge in [0.2, 0.25) is 0 Å². The Morgan fingerprint density at radius 3 is 2.72 bits per heavy atom. The lowest BCUT2D eigenvalue weighted by molar-refractivity contribution is 0.394. The van der Waals surface area contributed by atoms with Gasteiger partial charge in [-0.05, 0) is 31.8 Å². The van der Waals surface area contributed by atoms with Gasteiger partial charge in [0.25, 0.3) is 0 Å². The lowest BCUT2D eigenvalue weighted by Crippen LogP contribution is -2.29. The number of nitrogens with one attached hydrogen (secondary N) is 1. The molecule has 0 spiro atoms. The van der Waals surface area contributed by atoms with Gasteiger partial charge in [-0.15, -0.1) is 0 Å². The van der Waals surface area contributed by atoms with Crippen LogP contribution in [0.1, 0.15) is 11.6 Å². The predicted molar refractivity (Wildman–Crippen MR) is 72.9 cm³/mol. The Kier molecular flexibility index (Phi) is 5.93. The number of likely N-dealkylation sites (N-methyl/N-ethyl adjacent to an activating group) is 1. The fourth-order valence-corrected chi connectivity index (χ4v) is 1.80. The van der Waals surface area contributed by atoms with E-state index in [1.165, 1.54) is 0 Å². The molecule has 98 valence electrons. The van der Waals surface area contributed by atoms with E-state index in [-0.39, 0.29) is 6.04 Å². The molecule has 18 heavy (non-hydrogen) atoms. The monoisotopic (exact) mass is 267 g/mol. The molecule has 0 aliphatic rings. The van der Waals surface area contributed by atoms with Crippen molar-refractivity contribution in [3.63, 3.8) is 0 Å². The van der Waals surface area contributed by atoms with Gasteiger partial charge in [-0.25, -0.2) is 0 Å². The second-order valence-electron chi connectivity index (χ2n) is 4.21. The van der Waals surface area contributed by atoms with Crippen LogP contribution in [0.2, 0.25) is 5.02 Å². The smallest absolute Gasteiger partial charge is 0.137 e. The first-order valence-corrected chi connectivity index (χ1v) is 6.07. The first-order chi connectivity index (χ1) is 8.58. The minimum absolute atomic E-state index is 0.353. The third kappa shape index (κ3) is 4.19. The highest BCUT2D eigenvalue weighted by atomic mass is 35.5. The topological polar surface area (TPSA) is 48.3 Å². The number of methoxy groups -OCH3 is 1. The molecule has 5 heteroatoms. The van der Waals surface area contributed by atoms with E-state index in [4.69, 9.17) is 21.6 Å². The minimum atomic E-state index is -0.353. The first kappa shape index (κ1) is 14.8. The van der Waals surface area contributed by atoms with Crippen molar-refractivity contribution in [3.8, 4) is 11.8 Å². The Morgan fingerprint density at radius 1 is 1.50 bits per heavy atom. The van der Waals surface area contributed by atoms with Gasteiger partial charge >= 0.3 is 0 Å². The van der Waals surface area contributed by atoms with Gasteiger partial charge in [-0.2, -0.15) is 5.26 Å². The Labute approximate surface area is 113 Å². The zero-order valence-electron chi connectivity index (χ0n) is 10.9. The van der Waals surface area contributed by atoms with E-state index >= 15 is 0 Å². The molecule has 0 amide bonds. The van der Waals surface area contributed by atoms with E-state index in [1.807, 2.05) is 20.2 Å². The van der Waals surface area contributed by atoms with E-state index in [1.54, 1.807) is 19.2 Å². The number of nitriles is 1. The zero-order chi connectivity index (χ0) is 13.5. The number of nitrogens with zero attached hydrogens (tertiary/aromatic N) is 2. The maximum Gasteiger partial charge on any atom is 0.137 e. The second kappa shape index (κ2) is 7.22. The average Bonchev–Trinajstić information content (AvgIpc) is 2.34. The molecule has 0 aromatic heterocycles. The summed E-state index contributed by atoms with van der Waals surface area (Å²) in [6.45, 7) is 1.62. The lowest BCUT2D eigenvalue weighted by atomic mass is 10.1. The molecule has 1 atom stereocenters. The Balaban J connectivity index is 2.71. The summed E-state index contributed by atoms with van der Waals surface area (Å²) in [5, 5.41) is 12.9. The first-order valence-electron chi connectivity index (χ1n) is 5.69. The van der Waals surface area contributed by atoms with Crippen LogP contribution >= 0.6 is 11.6 Å². The molecule has 1 N–H and O–H groups in total. The van der Waals surface area contributed by atoms with Crippen LogP contribution < -0.4 is 10.1 Å². The van der Waals surface area contributed by atoms with Crippen LogP contribution in [0.5, 0.6) is 5.75 Å². The minimum Gasteiger partial charge on any atom is -0.495 e. The summed E-state index contributed by atoms with van der Waals surface area (Å²) in [6.07, 6.45) is 0. The van der Waals surface area contributed by atoms with Crippen molar-refractivity contribution in [2.45, 2.75) is 6.04 Å². The molecule has 1 rings (SSSR count). The summed E-state index contributed by atoms with van der Waals surface area (Å²) in [6, 6.07) is 7.26. The van der Waals surface area contributed by atoms with E-state index in [2.05, 4.69) is 16.3 Å². The molecule has 0 fully saturated rings. The second-order valence-corrected chi connectivity index (χ2v) is 4.62. The highest BCUT2D eigenvalue weighted by Gasteiger charge is 2.11. The molecule has 1 unspecified atom stereocenters. The van der Waals surface area contributed by atoms with E-state index in [0.29, 0.717) is 10.8 Å². The maximum atomic E-state index is 9.16. The van der Waals surface area contributed by atoms with Crippen LogP contribution in [-0.4, -0.2) is 39.2 Å². The molecular formula is C13H18ClN3O. The number of halogens is 1. The quantitative estimate of drug-likeness (QED) is 0.857. The fraction of sp³-hybridized carbons (Fsp3) is 0.462. The van der Waals surface area contributed by atoms with Crippen LogP contribution in [0.4, 0.5) is 0 Å². The fourth-order valence-electron chi connectivity index (χ4n) is 1.53. The third-order valence-electron chi connectivity index (χ3n) is 2.55.